The van der Waals surface area contributed by atoms with Crippen LogP contribution in [0.1, 0.15) is 38.3 Å². The van der Waals surface area contributed by atoms with E-state index in [1.54, 1.807) is 18.2 Å². The summed E-state index contributed by atoms with van der Waals surface area (Å²) in [5, 5.41) is 3.89. The summed E-state index contributed by atoms with van der Waals surface area (Å²) < 4.78 is 14.3. The molecular formula is C23H26Cl3FN2O2. The lowest BCUT2D eigenvalue weighted by Crippen LogP contribution is -2.50. The highest BCUT2D eigenvalue weighted by Crippen LogP contribution is 2.25. The van der Waals surface area contributed by atoms with Crippen LogP contribution in [0.3, 0.4) is 0 Å². The van der Waals surface area contributed by atoms with Gasteiger partial charge in [0.15, 0.2) is 0 Å². The average molecular weight is 488 g/mol. The molecule has 0 heterocycles. The van der Waals surface area contributed by atoms with Gasteiger partial charge < -0.3 is 10.2 Å². The first-order valence-corrected chi connectivity index (χ1v) is 11.2. The highest BCUT2D eigenvalue weighted by molar-refractivity contribution is 6.35. The van der Waals surface area contributed by atoms with Gasteiger partial charge in [-0.25, -0.2) is 4.39 Å². The maximum Gasteiger partial charge on any atom is 0.242 e. The van der Waals surface area contributed by atoms with Crippen molar-refractivity contribution in [2.75, 3.05) is 6.54 Å². The maximum absolute atomic E-state index is 14.3. The molecule has 0 saturated heterocycles. The van der Waals surface area contributed by atoms with Gasteiger partial charge in [0, 0.05) is 33.7 Å². The molecule has 0 fully saturated rings. The van der Waals surface area contributed by atoms with Crippen molar-refractivity contribution in [1.29, 1.82) is 0 Å². The third-order valence-electron chi connectivity index (χ3n) is 4.82. The van der Waals surface area contributed by atoms with E-state index in [9.17, 15) is 14.0 Å². The minimum atomic E-state index is -0.747. The van der Waals surface area contributed by atoms with Crippen LogP contribution in [0.4, 0.5) is 4.39 Å². The highest BCUT2D eigenvalue weighted by atomic mass is 35.5. The molecule has 0 bridgehead atoms. The fraction of sp³-hybridized carbons (Fsp3) is 0.391. The molecule has 0 unspecified atom stereocenters. The first-order chi connectivity index (χ1) is 14.6. The lowest BCUT2D eigenvalue weighted by molar-refractivity contribution is -0.141. The van der Waals surface area contributed by atoms with Crippen molar-refractivity contribution in [2.45, 2.75) is 46.2 Å². The number of benzene rings is 2. The number of halogens is 4. The summed E-state index contributed by atoms with van der Waals surface area (Å²) in [6.45, 7) is 6.35. The van der Waals surface area contributed by atoms with E-state index in [4.69, 9.17) is 34.8 Å². The van der Waals surface area contributed by atoms with Crippen molar-refractivity contribution in [3.8, 4) is 0 Å². The van der Waals surface area contributed by atoms with Gasteiger partial charge in [-0.2, -0.15) is 0 Å². The molecule has 2 aromatic rings. The van der Waals surface area contributed by atoms with E-state index < -0.39 is 17.8 Å². The predicted octanol–water partition coefficient (Wildman–Crippen LogP) is 5.91. The topological polar surface area (TPSA) is 49.4 Å². The highest BCUT2D eigenvalue weighted by Gasteiger charge is 2.30. The van der Waals surface area contributed by atoms with Crippen molar-refractivity contribution in [2.24, 2.45) is 5.92 Å². The lowest BCUT2D eigenvalue weighted by Gasteiger charge is -2.31. The molecule has 31 heavy (non-hydrogen) atoms. The SMILES string of the molecule is CC[C@@H](C(=O)NCC(C)C)N(Cc1ccc(Cl)cc1Cl)C(=O)Cc1c(F)cccc1Cl. The van der Waals surface area contributed by atoms with E-state index >= 15 is 0 Å². The Labute approximate surface area is 197 Å². The minimum absolute atomic E-state index is 0.0779. The van der Waals surface area contributed by atoms with Crippen LogP contribution in [0.15, 0.2) is 36.4 Å². The first kappa shape index (κ1) is 25.4. The Morgan fingerprint density at radius 3 is 2.39 bits per heavy atom. The first-order valence-electron chi connectivity index (χ1n) is 10.1. The summed E-state index contributed by atoms with van der Waals surface area (Å²) in [5.41, 5.74) is 0.730. The van der Waals surface area contributed by atoms with Crippen LogP contribution in [-0.4, -0.2) is 29.3 Å². The molecule has 0 aromatic heterocycles. The van der Waals surface area contributed by atoms with Crippen LogP contribution in [0.25, 0.3) is 0 Å². The molecule has 1 N–H and O–H groups in total. The second kappa shape index (κ2) is 11.7. The van der Waals surface area contributed by atoms with Gasteiger partial charge in [-0.15, -0.1) is 0 Å². The van der Waals surface area contributed by atoms with Gasteiger partial charge in [0.2, 0.25) is 11.8 Å². The molecule has 0 spiro atoms. The van der Waals surface area contributed by atoms with Gasteiger partial charge in [0.25, 0.3) is 0 Å². The quantitative estimate of drug-likeness (QED) is 0.478. The summed E-state index contributed by atoms with van der Waals surface area (Å²) in [7, 11) is 0. The molecule has 2 aromatic carbocycles. The van der Waals surface area contributed by atoms with Crippen molar-refractivity contribution < 1.29 is 14.0 Å². The Morgan fingerprint density at radius 1 is 1.10 bits per heavy atom. The zero-order chi connectivity index (χ0) is 23.1. The number of hydrogen-bond donors (Lipinski definition) is 1. The molecular weight excluding hydrogens is 462 g/mol. The van der Waals surface area contributed by atoms with Crippen LogP contribution >= 0.6 is 34.8 Å². The monoisotopic (exact) mass is 486 g/mol. The molecule has 1 atom stereocenters. The maximum atomic E-state index is 14.3. The normalized spacial score (nSPS) is 12.0. The van der Waals surface area contributed by atoms with Crippen LogP contribution < -0.4 is 5.32 Å². The molecule has 2 amide bonds. The fourth-order valence-corrected chi connectivity index (χ4v) is 3.83. The third kappa shape index (κ3) is 7.09. The fourth-order valence-electron chi connectivity index (χ4n) is 3.13. The number of carbonyl (C=O) groups excluding carboxylic acids is 2. The second-order valence-corrected chi connectivity index (χ2v) is 8.95. The molecule has 8 heteroatoms. The number of amides is 2. The molecule has 2 rings (SSSR count). The molecule has 168 valence electrons. The Hall–Kier alpha value is -1.82. The van der Waals surface area contributed by atoms with E-state index in [1.807, 2.05) is 20.8 Å². The summed E-state index contributed by atoms with van der Waals surface area (Å²) in [6.07, 6.45) is 0.108. The van der Waals surface area contributed by atoms with E-state index in [1.165, 1.54) is 23.1 Å². The second-order valence-electron chi connectivity index (χ2n) is 7.70. The molecule has 0 saturated carbocycles. The number of nitrogens with one attached hydrogen (secondary N) is 1. The van der Waals surface area contributed by atoms with Gasteiger partial charge in [0.1, 0.15) is 11.9 Å². The van der Waals surface area contributed by atoms with Gasteiger partial charge in [-0.1, -0.05) is 67.7 Å². The van der Waals surface area contributed by atoms with Crippen molar-refractivity contribution in [3.63, 3.8) is 0 Å². The van der Waals surface area contributed by atoms with E-state index in [2.05, 4.69) is 5.32 Å². The summed E-state index contributed by atoms with van der Waals surface area (Å²) in [5.74, 6) is -1.00. The Morgan fingerprint density at radius 2 is 1.81 bits per heavy atom. The van der Waals surface area contributed by atoms with E-state index in [0.29, 0.717) is 28.6 Å². The zero-order valence-electron chi connectivity index (χ0n) is 17.7. The molecule has 0 radical (unpaired) electrons. The Bertz CT molecular complexity index is 917. The number of hydrogen-bond acceptors (Lipinski definition) is 2. The third-order valence-corrected chi connectivity index (χ3v) is 5.76. The largest absolute Gasteiger partial charge is 0.354 e. The van der Waals surface area contributed by atoms with Gasteiger partial charge in [-0.3, -0.25) is 9.59 Å². The molecule has 0 aliphatic rings. The smallest absolute Gasteiger partial charge is 0.242 e. The Kier molecular flexibility index (Phi) is 9.60. The van der Waals surface area contributed by atoms with Crippen LogP contribution in [0.2, 0.25) is 15.1 Å². The number of nitrogens with zero attached hydrogens (tertiary/aromatic N) is 1. The minimum Gasteiger partial charge on any atom is -0.354 e. The van der Waals surface area contributed by atoms with Crippen LogP contribution in [-0.2, 0) is 22.6 Å². The predicted molar refractivity (Wildman–Crippen MR) is 124 cm³/mol. The van der Waals surface area contributed by atoms with Gasteiger partial charge in [0.05, 0.1) is 6.42 Å². The summed E-state index contributed by atoms with van der Waals surface area (Å²) in [4.78, 5) is 27.6. The van der Waals surface area contributed by atoms with Crippen LogP contribution in [0, 0.1) is 11.7 Å². The molecule has 4 nitrogen and oxygen atoms in total. The van der Waals surface area contributed by atoms with Gasteiger partial charge >= 0.3 is 0 Å². The van der Waals surface area contributed by atoms with E-state index in [0.717, 1.165) is 0 Å². The van der Waals surface area contributed by atoms with Crippen molar-refractivity contribution in [1.82, 2.24) is 10.2 Å². The lowest BCUT2D eigenvalue weighted by atomic mass is 10.1. The van der Waals surface area contributed by atoms with Gasteiger partial charge in [-0.05, 0) is 42.2 Å². The summed E-state index contributed by atoms with van der Waals surface area (Å²) >= 11 is 18.4. The van der Waals surface area contributed by atoms with Crippen molar-refractivity contribution >= 4 is 46.6 Å². The summed E-state index contributed by atoms with van der Waals surface area (Å²) in [6, 6.07) is 8.46. The van der Waals surface area contributed by atoms with Crippen LogP contribution in [0.5, 0.6) is 0 Å². The number of carbonyl (C=O) groups is 2. The van der Waals surface area contributed by atoms with Crippen molar-refractivity contribution in [3.05, 3.63) is 68.4 Å². The van der Waals surface area contributed by atoms with E-state index in [-0.39, 0.29) is 35.4 Å². The zero-order valence-corrected chi connectivity index (χ0v) is 20.0. The molecule has 0 aliphatic heterocycles. The standard InChI is InChI=1S/C23H26Cl3FN2O2/c1-4-21(23(31)28-12-14(2)3)29(13-15-8-9-16(24)10-19(15)26)22(30)11-17-18(25)6-5-7-20(17)27/h5-10,14,21H,4,11-13H2,1-3H3,(H,28,31)/t21-/m0/s1. The molecule has 0 aliphatic carbocycles. The average Bonchev–Trinajstić information content (AvgIpc) is 2.70. The Balaban J connectivity index is 2.37. The number of rotatable bonds is 9.